The van der Waals surface area contributed by atoms with Gasteiger partial charge in [0.25, 0.3) is 5.91 Å². The molecular formula is C22H23N3O3. The van der Waals surface area contributed by atoms with Gasteiger partial charge in [-0.15, -0.1) is 0 Å². The number of rotatable bonds is 4. The number of amides is 4. The van der Waals surface area contributed by atoms with Gasteiger partial charge in [-0.3, -0.25) is 14.5 Å². The van der Waals surface area contributed by atoms with Crippen molar-refractivity contribution in [1.82, 2.24) is 10.2 Å². The number of nitrogens with one attached hydrogen (secondary N) is 2. The first-order valence-corrected chi connectivity index (χ1v) is 9.53. The molecule has 1 unspecified atom stereocenters. The number of benzene rings is 2. The van der Waals surface area contributed by atoms with Crippen LogP contribution in [0.2, 0.25) is 0 Å². The van der Waals surface area contributed by atoms with Gasteiger partial charge in [0.05, 0.1) is 0 Å². The Morgan fingerprint density at radius 2 is 1.96 bits per heavy atom. The molecule has 1 aliphatic carbocycles. The van der Waals surface area contributed by atoms with Crippen LogP contribution in [0.25, 0.3) is 0 Å². The Bertz CT molecular complexity index is 969. The second-order valence-electron chi connectivity index (χ2n) is 7.71. The van der Waals surface area contributed by atoms with E-state index in [0.717, 1.165) is 28.0 Å². The van der Waals surface area contributed by atoms with Crippen molar-refractivity contribution in [3.63, 3.8) is 0 Å². The van der Waals surface area contributed by atoms with Crippen molar-refractivity contribution in [2.75, 3.05) is 11.9 Å². The molecule has 1 fully saturated rings. The van der Waals surface area contributed by atoms with Gasteiger partial charge >= 0.3 is 6.03 Å². The van der Waals surface area contributed by atoms with E-state index in [2.05, 4.69) is 24.5 Å². The van der Waals surface area contributed by atoms with E-state index in [1.165, 1.54) is 0 Å². The summed E-state index contributed by atoms with van der Waals surface area (Å²) < 4.78 is 0. The molecule has 144 valence electrons. The maximum absolute atomic E-state index is 13.1. The van der Waals surface area contributed by atoms with E-state index in [0.29, 0.717) is 18.0 Å². The second kappa shape index (κ2) is 6.78. The zero-order valence-electron chi connectivity index (χ0n) is 16.0. The van der Waals surface area contributed by atoms with Crippen molar-refractivity contribution in [3.05, 3.63) is 65.2 Å². The van der Waals surface area contributed by atoms with Gasteiger partial charge in [0.2, 0.25) is 5.91 Å². The summed E-state index contributed by atoms with van der Waals surface area (Å²) in [5, 5.41) is 5.63. The third-order valence-corrected chi connectivity index (χ3v) is 5.56. The van der Waals surface area contributed by atoms with Crippen molar-refractivity contribution in [1.29, 1.82) is 0 Å². The lowest BCUT2D eigenvalue weighted by Crippen LogP contribution is -2.43. The predicted octanol–water partition coefficient (Wildman–Crippen LogP) is 3.14. The number of hydrogen-bond donors (Lipinski definition) is 2. The number of fused-ring (bicyclic) bond motifs is 2. The molecule has 1 aliphatic heterocycles. The molecule has 6 heteroatoms. The van der Waals surface area contributed by atoms with Gasteiger partial charge in [-0.2, -0.15) is 0 Å². The summed E-state index contributed by atoms with van der Waals surface area (Å²) in [6.45, 7) is 3.85. The van der Waals surface area contributed by atoms with Gasteiger partial charge in [0, 0.05) is 5.69 Å². The minimum Gasteiger partial charge on any atom is -0.325 e. The molecule has 4 rings (SSSR count). The first-order valence-electron chi connectivity index (χ1n) is 9.53. The molecule has 0 aromatic heterocycles. The molecule has 1 atom stereocenters. The SMILES string of the molecule is CC(C)c1cccc(NC(=O)CN2C(=O)NC3(CCc4ccccc43)C2=O)c1. The molecule has 1 heterocycles. The van der Waals surface area contributed by atoms with Crippen LogP contribution in [0.5, 0.6) is 0 Å². The number of anilines is 1. The summed E-state index contributed by atoms with van der Waals surface area (Å²) in [5.41, 5.74) is 2.62. The van der Waals surface area contributed by atoms with Gasteiger partial charge < -0.3 is 10.6 Å². The first-order chi connectivity index (χ1) is 13.4. The van der Waals surface area contributed by atoms with Gasteiger partial charge in [0.15, 0.2) is 0 Å². The fourth-order valence-electron chi connectivity index (χ4n) is 4.05. The molecular weight excluding hydrogens is 354 g/mol. The van der Waals surface area contributed by atoms with Crippen LogP contribution in [-0.2, 0) is 21.5 Å². The minimum absolute atomic E-state index is 0.305. The molecule has 28 heavy (non-hydrogen) atoms. The smallest absolute Gasteiger partial charge is 0.325 e. The van der Waals surface area contributed by atoms with Gasteiger partial charge in [0.1, 0.15) is 12.1 Å². The van der Waals surface area contributed by atoms with Gasteiger partial charge in [-0.1, -0.05) is 50.2 Å². The van der Waals surface area contributed by atoms with E-state index in [-0.39, 0.29) is 12.5 Å². The molecule has 2 aromatic carbocycles. The van der Waals surface area contributed by atoms with Crippen LogP contribution < -0.4 is 10.6 Å². The topological polar surface area (TPSA) is 78.5 Å². The quantitative estimate of drug-likeness (QED) is 0.804. The molecule has 6 nitrogen and oxygen atoms in total. The summed E-state index contributed by atoms with van der Waals surface area (Å²) in [6, 6.07) is 14.7. The van der Waals surface area contributed by atoms with Crippen LogP contribution in [0.1, 0.15) is 42.9 Å². The van der Waals surface area contributed by atoms with E-state index in [9.17, 15) is 14.4 Å². The average Bonchev–Trinajstić information content (AvgIpc) is 3.16. The zero-order valence-corrected chi connectivity index (χ0v) is 16.0. The molecule has 4 amide bonds. The highest BCUT2D eigenvalue weighted by Gasteiger charge is 2.55. The van der Waals surface area contributed by atoms with Crippen molar-refractivity contribution < 1.29 is 14.4 Å². The highest BCUT2D eigenvalue weighted by molar-refractivity contribution is 6.10. The highest BCUT2D eigenvalue weighted by Crippen LogP contribution is 2.41. The number of urea groups is 1. The Morgan fingerprint density at radius 3 is 2.75 bits per heavy atom. The lowest BCUT2D eigenvalue weighted by Gasteiger charge is -2.22. The largest absolute Gasteiger partial charge is 0.325 e. The lowest BCUT2D eigenvalue weighted by atomic mass is 9.92. The monoisotopic (exact) mass is 377 g/mol. The Morgan fingerprint density at radius 1 is 1.18 bits per heavy atom. The van der Waals surface area contributed by atoms with E-state index in [1.807, 2.05) is 42.5 Å². The van der Waals surface area contributed by atoms with E-state index in [1.54, 1.807) is 6.07 Å². The summed E-state index contributed by atoms with van der Waals surface area (Å²) in [5.74, 6) is -0.411. The maximum Gasteiger partial charge on any atom is 0.325 e. The van der Waals surface area contributed by atoms with Gasteiger partial charge in [-0.05, 0) is 47.6 Å². The zero-order chi connectivity index (χ0) is 19.9. The number of hydrogen-bond acceptors (Lipinski definition) is 3. The fourth-order valence-corrected chi connectivity index (χ4v) is 4.05. The molecule has 2 N–H and O–H groups in total. The molecule has 2 aliphatic rings. The Kier molecular flexibility index (Phi) is 4.41. The number of aryl methyl sites for hydroxylation is 1. The van der Waals surface area contributed by atoms with E-state index < -0.39 is 17.5 Å². The van der Waals surface area contributed by atoms with E-state index >= 15 is 0 Å². The predicted molar refractivity (Wildman–Crippen MR) is 106 cm³/mol. The second-order valence-corrected chi connectivity index (χ2v) is 7.71. The summed E-state index contributed by atoms with van der Waals surface area (Å²) >= 11 is 0. The molecule has 0 bridgehead atoms. The third-order valence-electron chi connectivity index (χ3n) is 5.56. The van der Waals surface area contributed by atoms with Crippen molar-refractivity contribution >= 4 is 23.5 Å². The van der Waals surface area contributed by atoms with Crippen molar-refractivity contribution in [2.24, 2.45) is 0 Å². The number of nitrogens with zero attached hydrogens (tertiary/aromatic N) is 1. The summed E-state index contributed by atoms with van der Waals surface area (Å²) in [7, 11) is 0. The van der Waals surface area contributed by atoms with E-state index in [4.69, 9.17) is 0 Å². The average molecular weight is 377 g/mol. The normalized spacial score (nSPS) is 20.6. The van der Waals surface area contributed by atoms with Crippen LogP contribution in [0.4, 0.5) is 10.5 Å². The minimum atomic E-state index is -1.04. The van der Waals surface area contributed by atoms with Gasteiger partial charge in [-0.25, -0.2) is 4.79 Å². The Balaban J connectivity index is 1.50. The molecule has 1 spiro atoms. The fraction of sp³-hybridized carbons (Fsp3) is 0.318. The van der Waals surface area contributed by atoms with Crippen molar-refractivity contribution in [2.45, 2.75) is 38.1 Å². The maximum atomic E-state index is 13.1. The number of carbonyl (C=O) groups excluding carboxylic acids is 3. The molecule has 2 aromatic rings. The number of imide groups is 1. The highest BCUT2D eigenvalue weighted by atomic mass is 16.2. The Labute approximate surface area is 163 Å². The molecule has 0 saturated carbocycles. The summed E-state index contributed by atoms with van der Waals surface area (Å²) in [6.07, 6.45) is 1.25. The molecule has 0 radical (unpaired) electrons. The standard InChI is InChI=1S/C22H23N3O3/c1-14(2)16-7-5-8-17(12-16)23-19(26)13-25-20(27)22(24-21(25)28)11-10-15-6-3-4-9-18(15)22/h3-9,12,14H,10-11,13H2,1-2H3,(H,23,26)(H,24,28). The van der Waals surface area contributed by atoms with Crippen LogP contribution in [0, 0.1) is 0 Å². The van der Waals surface area contributed by atoms with Crippen LogP contribution >= 0.6 is 0 Å². The van der Waals surface area contributed by atoms with Crippen LogP contribution in [0.3, 0.4) is 0 Å². The Hall–Kier alpha value is -3.15. The van der Waals surface area contributed by atoms with Crippen LogP contribution in [0.15, 0.2) is 48.5 Å². The van der Waals surface area contributed by atoms with Crippen LogP contribution in [-0.4, -0.2) is 29.3 Å². The molecule has 1 saturated heterocycles. The first kappa shape index (κ1) is 18.2. The third kappa shape index (κ3) is 2.95. The summed E-state index contributed by atoms with van der Waals surface area (Å²) in [4.78, 5) is 39.1. The number of carbonyl (C=O) groups is 3. The van der Waals surface area contributed by atoms with Crippen molar-refractivity contribution in [3.8, 4) is 0 Å². The lowest BCUT2D eigenvalue weighted by molar-refractivity contribution is -0.134.